The number of ether oxygens (including phenoxy) is 1. The lowest BCUT2D eigenvalue weighted by Crippen LogP contribution is -2.43. The summed E-state index contributed by atoms with van der Waals surface area (Å²) >= 11 is 1.24. The molecule has 4 aromatic rings. The molecule has 0 spiro atoms. The summed E-state index contributed by atoms with van der Waals surface area (Å²) in [5.74, 6) is 0.842. The highest BCUT2D eigenvalue weighted by atomic mass is 32.1. The molecule has 6 rings (SSSR count). The number of anilines is 3. The normalized spacial score (nSPS) is 16.4. The number of nitrogens with one attached hydrogen (secondary N) is 2. The Kier molecular flexibility index (Phi) is 6.87. The van der Waals surface area contributed by atoms with Crippen LogP contribution in [0, 0.1) is 5.92 Å². The number of urea groups is 1. The molecule has 0 saturated carbocycles. The lowest BCUT2D eigenvalue weighted by molar-refractivity contribution is -0.127. The number of likely N-dealkylation sites (tertiary alicyclic amines) is 1. The average molecular weight is 555 g/mol. The molecule has 1 aromatic carbocycles. The van der Waals surface area contributed by atoms with Gasteiger partial charge in [-0.25, -0.2) is 14.8 Å². The van der Waals surface area contributed by atoms with Crippen LogP contribution in [0.25, 0.3) is 10.2 Å². The van der Waals surface area contributed by atoms with Crippen LogP contribution < -0.4 is 20.3 Å². The van der Waals surface area contributed by atoms with Gasteiger partial charge in [-0.15, -0.1) is 11.3 Å². The first-order chi connectivity index (χ1) is 19.5. The number of carbonyl (C=O) groups is 3. The van der Waals surface area contributed by atoms with Crippen molar-refractivity contribution < 1.29 is 19.1 Å². The minimum absolute atomic E-state index is 0.0915. The number of amides is 4. The molecule has 202 valence electrons. The van der Waals surface area contributed by atoms with Crippen molar-refractivity contribution in [3.05, 3.63) is 78.5 Å². The molecule has 3 aromatic heterocycles. The smallest absolute Gasteiger partial charge is 0.331 e. The second kappa shape index (κ2) is 10.8. The highest BCUT2D eigenvalue weighted by Crippen LogP contribution is 2.45. The van der Waals surface area contributed by atoms with E-state index in [1.54, 1.807) is 58.6 Å². The zero-order valence-electron chi connectivity index (χ0n) is 21.5. The average Bonchev–Trinajstić information content (AvgIpc) is 3.36. The van der Waals surface area contributed by atoms with Crippen LogP contribution in [0.5, 0.6) is 11.6 Å². The fraction of sp³-hybridized carbons (Fsp3) is 0.207. The lowest BCUT2D eigenvalue weighted by atomic mass is 9.98. The van der Waals surface area contributed by atoms with Crippen LogP contribution in [0.2, 0.25) is 0 Å². The molecule has 10 nitrogen and oxygen atoms in total. The van der Waals surface area contributed by atoms with Gasteiger partial charge in [0.25, 0.3) is 5.91 Å². The van der Waals surface area contributed by atoms with Crippen LogP contribution in [0.15, 0.2) is 73.6 Å². The van der Waals surface area contributed by atoms with Gasteiger partial charge in [-0.1, -0.05) is 12.6 Å². The fourth-order valence-electron chi connectivity index (χ4n) is 5.07. The van der Waals surface area contributed by atoms with Crippen molar-refractivity contribution in [2.24, 2.45) is 5.92 Å². The Morgan fingerprint density at radius 1 is 1.15 bits per heavy atom. The predicted octanol–water partition coefficient (Wildman–Crippen LogP) is 5.32. The van der Waals surface area contributed by atoms with Gasteiger partial charge >= 0.3 is 6.03 Å². The van der Waals surface area contributed by atoms with Gasteiger partial charge in [0.15, 0.2) is 0 Å². The van der Waals surface area contributed by atoms with Crippen LogP contribution >= 0.6 is 11.3 Å². The van der Waals surface area contributed by atoms with Crippen molar-refractivity contribution in [3.63, 3.8) is 0 Å². The van der Waals surface area contributed by atoms with E-state index in [-0.39, 0.29) is 23.8 Å². The summed E-state index contributed by atoms with van der Waals surface area (Å²) in [7, 11) is 0. The van der Waals surface area contributed by atoms with E-state index in [2.05, 4.69) is 27.2 Å². The number of carbonyl (C=O) groups excluding carboxylic acids is 3. The van der Waals surface area contributed by atoms with E-state index in [1.165, 1.54) is 17.4 Å². The molecule has 1 atom stereocenters. The molecular weight excluding hydrogens is 528 g/mol. The van der Waals surface area contributed by atoms with Gasteiger partial charge in [0, 0.05) is 38.1 Å². The highest BCUT2D eigenvalue weighted by molar-refractivity contribution is 7.21. The van der Waals surface area contributed by atoms with Crippen LogP contribution in [-0.2, 0) is 4.79 Å². The Morgan fingerprint density at radius 3 is 2.77 bits per heavy atom. The molecule has 2 aliphatic rings. The maximum absolute atomic E-state index is 13.4. The van der Waals surface area contributed by atoms with Gasteiger partial charge in [-0.3, -0.25) is 14.5 Å². The van der Waals surface area contributed by atoms with Crippen molar-refractivity contribution in [1.82, 2.24) is 20.2 Å². The number of pyridine rings is 2. The Morgan fingerprint density at radius 2 is 2.00 bits per heavy atom. The van der Waals surface area contributed by atoms with Gasteiger partial charge < -0.3 is 20.3 Å². The van der Waals surface area contributed by atoms with Crippen LogP contribution in [0.1, 0.15) is 22.5 Å². The lowest BCUT2D eigenvalue weighted by Gasteiger charge is -2.32. The first-order valence-corrected chi connectivity index (χ1v) is 13.7. The Hall–Kier alpha value is -4.77. The van der Waals surface area contributed by atoms with Gasteiger partial charge in [-0.05, 0) is 61.2 Å². The minimum Gasteiger partial charge on any atom is -0.439 e. The van der Waals surface area contributed by atoms with E-state index in [0.717, 1.165) is 12.8 Å². The van der Waals surface area contributed by atoms with Crippen molar-refractivity contribution in [3.8, 4) is 11.6 Å². The van der Waals surface area contributed by atoms with Crippen LogP contribution in [0.3, 0.4) is 0 Å². The molecule has 1 saturated heterocycles. The molecule has 40 heavy (non-hydrogen) atoms. The molecule has 0 radical (unpaired) electrons. The van der Waals surface area contributed by atoms with Crippen LogP contribution in [-0.4, -0.2) is 52.3 Å². The summed E-state index contributed by atoms with van der Waals surface area (Å²) in [6.45, 7) is 5.28. The van der Waals surface area contributed by atoms with Gasteiger partial charge in [-0.2, -0.15) is 0 Å². The number of rotatable bonds is 7. The van der Waals surface area contributed by atoms with Crippen molar-refractivity contribution in [2.75, 3.05) is 29.9 Å². The zero-order chi connectivity index (χ0) is 27.6. The third kappa shape index (κ3) is 4.87. The van der Waals surface area contributed by atoms with Gasteiger partial charge in [0.2, 0.25) is 11.8 Å². The van der Waals surface area contributed by atoms with E-state index >= 15 is 0 Å². The van der Waals surface area contributed by atoms with Gasteiger partial charge in [0.05, 0.1) is 22.4 Å². The van der Waals surface area contributed by atoms with E-state index in [0.29, 0.717) is 63.4 Å². The first-order valence-electron chi connectivity index (χ1n) is 12.9. The van der Waals surface area contributed by atoms with E-state index in [4.69, 9.17) is 4.74 Å². The van der Waals surface area contributed by atoms with E-state index in [1.807, 2.05) is 12.1 Å². The molecule has 1 fully saturated rings. The Labute approximate surface area is 234 Å². The summed E-state index contributed by atoms with van der Waals surface area (Å²) < 4.78 is 5.77. The van der Waals surface area contributed by atoms with Crippen molar-refractivity contribution in [1.29, 1.82) is 0 Å². The number of aromatic nitrogens is 2. The summed E-state index contributed by atoms with van der Waals surface area (Å²) in [6, 6.07) is 13.9. The van der Waals surface area contributed by atoms with Crippen molar-refractivity contribution in [2.45, 2.75) is 12.8 Å². The second-order valence-corrected chi connectivity index (χ2v) is 10.6. The third-order valence-corrected chi connectivity index (χ3v) is 8.06. The number of piperidine rings is 1. The standard InChI is InChI=1S/C29H26N6O4S/c1-2-23(36)34-15-5-6-18(17-34)16-32-27(37)26-25-24-21(12-14-31-28(24)40-26)35(29(38)33-25)19-8-10-20(11-9-19)39-22-7-3-4-13-30-22/h2-4,7-14,18H,1,5-6,15-17H2,(H,32,37)(H,33,38)/t18-/m0/s1. The number of hydrogen-bond donors (Lipinski definition) is 2. The van der Waals surface area contributed by atoms with Gasteiger partial charge in [0.1, 0.15) is 15.5 Å². The molecular formula is C29H26N6O4S. The largest absolute Gasteiger partial charge is 0.439 e. The molecule has 4 amide bonds. The summed E-state index contributed by atoms with van der Waals surface area (Å²) in [5.41, 5.74) is 1.74. The maximum Gasteiger partial charge on any atom is 0.331 e. The summed E-state index contributed by atoms with van der Waals surface area (Å²) in [5, 5.41) is 6.64. The summed E-state index contributed by atoms with van der Waals surface area (Å²) in [4.78, 5) is 51.7. The van der Waals surface area contributed by atoms with Crippen LogP contribution in [0.4, 0.5) is 21.9 Å². The Bertz CT molecular complexity index is 1600. The molecule has 2 N–H and O–H groups in total. The Balaban J connectivity index is 1.22. The molecule has 0 aliphatic carbocycles. The summed E-state index contributed by atoms with van der Waals surface area (Å²) in [6.07, 6.45) is 6.41. The van der Waals surface area contributed by atoms with E-state index in [9.17, 15) is 14.4 Å². The maximum atomic E-state index is 13.4. The molecule has 0 bridgehead atoms. The van der Waals surface area contributed by atoms with Crippen molar-refractivity contribution >= 4 is 56.5 Å². The second-order valence-electron chi connectivity index (χ2n) is 9.55. The third-order valence-electron chi connectivity index (χ3n) is 6.96. The number of benzene rings is 1. The number of hydrogen-bond acceptors (Lipinski definition) is 7. The quantitative estimate of drug-likeness (QED) is 0.299. The first kappa shape index (κ1) is 25.5. The fourth-order valence-corrected chi connectivity index (χ4v) is 6.11. The number of nitrogens with zero attached hydrogens (tertiary/aromatic N) is 4. The molecule has 2 aliphatic heterocycles. The zero-order valence-corrected chi connectivity index (χ0v) is 22.3. The molecule has 0 unspecified atom stereocenters. The number of thiophene rings is 1. The monoisotopic (exact) mass is 554 g/mol. The topological polar surface area (TPSA) is 117 Å². The minimum atomic E-state index is -0.378. The predicted molar refractivity (Wildman–Crippen MR) is 153 cm³/mol. The SMILES string of the molecule is C=CC(=O)N1CCC[C@@H](CNC(=O)c2sc3nccc4c3c2NC(=O)N4c2ccc(Oc3ccccn3)cc2)C1. The highest BCUT2D eigenvalue weighted by Gasteiger charge is 2.33. The van der Waals surface area contributed by atoms with E-state index < -0.39 is 0 Å². The molecule has 5 heterocycles. The molecule has 11 heteroatoms.